The highest BCUT2D eigenvalue weighted by molar-refractivity contribution is 7.90. The molecule has 0 spiro atoms. The molecule has 5 nitrogen and oxygen atoms in total. The molecule has 0 unspecified atom stereocenters. The summed E-state index contributed by atoms with van der Waals surface area (Å²) >= 11 is 0. The van der Waals surface area contributed by atoms with Gasteiger partial charge in [0.25, 0.3) is 0 Å². The summed E-state index contributed by atoms with van der Waals surface area (Å²) in [6, 6.07) is 17.3. The quantitative estimate of drug-likeness (QED) is 0.746. The van der Waals surface area contributed by atoms with Crippen molar-refractivity contribution in [1.82, 2.24) is 10.2 Å². The van der Waals surface area contributed by atoms with Gasteiger partial charge in [0, 0.05) is 17.5 Å². The molecule has 0 fully saturated rings. The molecule has 24 heavy (non-hydrogen) atoms. The third-order valence-corrected chi connectivity index (χ3v) is 5.01. The van der Waals surface area contributed by atoms with Crippen LogP contribution in [-0.2, 0) is 16.4 Å². The molecule has 0 atom stereocenters. The average Bonchev–Trinajstić information content (AvgIpc) is 3.03. The number of anilines is 1. The van der Waals surface area contributed by atoms with Gasteiger partial charge in [-0.3, -0.25) is 5.10 Å². The molecule has 0 amide bonds. The third-order valence-electron chi connectivity index (χ3n) is 3.77. The lowest BCUT2D eigenvalue weighted by molar-refractivity contribution is 0.601. The number of aromatic nitrogens is 2. The van der Waals surface area contributed by atoms with E-state index in [1.165, 1.54) is 6.26 Å². The second-order valence-electron chi connectivity index (χ2n) is 5.75. The molecule has 3 rings (SSSR count). The molecule has 3 aromatic rings. The van der Waals surface area contributed by atoms with E-state index in [1.807, 2.05) is 42.5 Å². The number of nitrogens with one attached hydrogen (secondary N) is 2. The Balaban J connectivity index is 1.74. The highest BCUT2D eigenvalue weighted by atomic mass is 32.2. The Morgan fingerprint density at radius 3 is 2.54 bits per heavy atom. The van der Waals surface area contributed by atoms with Gasteiger partial charge in [-0.25, -0.2) is 8.42 Å². The van der Waals surface area contributed by atoms with Crippen LogP contribution in [-0.4, -0.2) is 24.9 Å². The van der Waals surface area contributed by atoms with E-state index in [9.17, 15) is 8.42 Å². The molecule has 0 aliphatic heterocycles. The number of aryl methyl sites for hydroxylation is 1. The largest absolute Gasteiger partial charge is 0.379 e. The van der Waals surface area contributed by atoms with Crippen molar-refractivity contribution in [2.75, 3.05) is 11.6 Å². The molecule has 2 aromatic carbocycles. The summed E-state index contributed by atoms with van der Waals surface area (Å²) in [5.41, 5.74) is 4.37. The van der Waals surface area contributed by atoms with Crippen LogP contribution in [0.25, 0.3) is 11.3 Å². The molecule has 0 radical (unpaired) electrons. The normalized spacial score (nSPS) is 11.4. The zero-order valence-electron chi connectivity index (χ0n) is 13.6. The lowest BCUT2D eigenvalue weighted by atomic mass is 10.1. The van der Waals surface area contributed by atoms with Gasteiger partial charge in [-0.2, -0.15) is 5.10 Å². The van der Waals surface area contributed by atoms with Crippen LogP contribution >= 0.6 is 0 Å². The first-order valence-electron chi connectivity index (χ1n) is 7.58. The van der Waals surface area contributed by atoms with Crippen LogP contribution in [0.2, 0.25) is 0 Å². The number of hydrogen-bond donors (Lipinski definition) is 2. The summed E-state index contributed by atoms with van der Waals surface area (Å²) in [4.78, 5) is 0.349. The molecule has 0 aliphatic carbocycles. The summed E-state index contributed by atoms with van der Waals surface area (Å²) in [5, 5.41) is 10.5. The van der Waals surface area contributed by atoms with E-state index in [2.05, 4.69) is 15.5 Å². The smallest absolute Gasteiger partial charge is 0.175 e. The van der Waals surface area contributed by atoms with E-state index in [4.69, 9.17) is 0 Å². The second-order valence-corrected chi connectivity index (χ2v) is 7.73. The lowest BCUT2D eigenvalue weighted by Gasteiger charge is -2.09. The van der Waals surface area contributed by atoms with Crippen molar-refractivity contribution in [3.63, 3.8) is 0 Å². The maximum absolute atomic E-state index is 11.8. The van der Waals surface area contributed by atoms with Gasteiger partial charge in [0.15, 0.2) is 9.84 Å². The standard InChI is InChI=1S/C18H19N3O2S/c1-13-8-9-15(11-18(13)24(2,22)23)19-12-16-10-17(21-20-16)14-6-4-3-5-7-14/h3-11,19H,12H2,1-2H3,(H,20,21). The van der Waals surface area contributed by atoms with Crippen LogP contribution in [0.15, 0.2) is 59.5 Å². The Labute approximate surface area is 141 Å². The second kappa shape index (κ2) is 6.49. The number of aromatic amines is 1. The SMILES string of the molecule is Cc1ccc(NCc2cc(-c3ccccc3)n[nH]2)cc1S(C)(=O)=O. The van der Waals surface area contributed by atoms with Crippen molar-refractivity contribution in [1.29, 1.82) is 0 Å². The fraction of sp³-hybridized carbons (Fsp3) is 0.167. The Kier molecular flexibility index (Phi) is 4.40. The molecule has 0 bridgehead atoms. The van der Waals surface area contributed by atoms with Crippen LogP contribution < -0.4 is 5.32 Å². The van der Waals surface area contributed by atoms with Gasteiger partial charge in [0.2, 0.25) is 0 Å². The molecule has 1 aromatic heterocycles. The predicted octanol–water partition coefficient (Wildman–Crippen LogP) is 3.40. The van der Waals surface area contributed by atoms with Crippen LogP contribution in [0.3, 0.4) is 0 Å². The predicted molar refractivity (Wildman–Crippen MR) is 95.6 cm³/mol. The van der Waals surface area contributed by atoms with Gasteiger partial charge in [0.1, 0.15) is 0 Å². The minimum absolute atomic E-state index is 0.349. The van der Waals surface area contributed by atoms with Gasteiger partial charge in [-0.05, 0) is 30.7 Å². The molecule has 2 N–H and O–H groups in total. The van der Waals surface area contributed by atoms with E-state index in [0.717, 1.165) is 28.2 Å². The number of hydrogen-bond acceptors (Lipinski definition) is 4. The van der Waals surface area contributed by atoms with Crippen LogP contribution in [0.5, 0.6) is 0 Å². The summed E-state index contributed by atoms with van der Waals surface area (Å²) in [6.45, 7) is 2.33. The van der Waals surface area contributed by atoms with Crippen molar-refractivity contribution in [3.05, 3.63) is 65.9 Å². The zero-order valence-corrected chi connectivity index (χ0v) is 14.4. The molecular weight excluding hydrogens is 322 g/mol. The molecule has 0 aliphatic rings. The summed E-state index contributed by atoms with van der Waals surface area (Å²) in [7, 11) is -3.23. The molecule has 0 saturated carbocycles. The first-order valence-corrected chi connectivity index (χ1v) is 9.47. The minimum Gasteiger partial charge on any atom is -0.379 e. The van der Waals surface area contributed by atoms with Gasteiger partial charge in [-0.1, -0.05) is 36.4 Å². The maximum Gasteiger partial charge on any atom is 0.175 e. The Bertz CT molecular complexity index is 947. The average molecular weight is 341 g/mol. The van der Waals surface area contributed by atoms with Crippen molar-refractivity contribution in [2.24, 2.45) is 0 Å². The highest BCUT2D eigenvalue weighted by Crippen LogP contribution is 2.21. The summed E-state index contributed by atoms with van der Waals surface area (Å²) in [5.74, 6) is 0. The fourth-order valence-corrected chi connectivity index (χ4v) is 3.51. The zero-order chi connectivity index (χ0) is 17.2. The summed E-state index contributed by atoms with van der Waals surface area (Å²) in [6.07, 6.45) is 1.22. The van der Waals surface area contributed by atoms with Crippen molar-refractivity contribution in [3.8, 4) is 11.3 Å². The van der Waals surface area contributed by atoms with Gasteiger partial charge >= 0.3 is 0 Å². The summed E-state index contributed by atoms with van der Waals surface area (Å²) < 4.78 is 23.6. The van der Waals surface area contributed by atoms with E-state index in [-0.39, 0.29) is 0 Å². The van der Waals surface area contributed by atoms with Crippen LogP contribution in [0.1, 0.15) is 11.3 Å². The number of nitrogens with zero attached hydrogens (tertiary/aromatic N) is 1. The third kappa shape index (κ3) is 3.65. The fourth-order valence-electron chi connectivity index (χ4n) is 2.52. The molecule has 124 valence electrons. The Hall–Kier alpha value is -2.60. The van der Waals surface area contributed by atoms with Crippen LogP contribution in [0, 0.1) is 6.92 Å². The first kappa shape index (κ1) is 16.3. The highest BCUT2D eigenvalue weighted by Gasteiger charge is 2.11. The lowest BCUT2D eigenvalue weighted by Crippen LogP contribution is -2.04. The number of benzene rings is 2. The van der Waals surface area contributed by atoms with Crippen molar-refractivity contribution in [2.45, 2.75) is 18.4 Å². The van der Waals surface area contributed by atoms with Gasteiger partial charge in [-0.15, -0.1) is 0 Å². The van der Waals surface area contributed by atoms with Crippen LogP contribution in [0.4, 0.5) is 5.69 Å². The van der Waals surface area contributed by atoms with Crippen molar-refractivity contribution < 1.29 is 8.42 Å². The Morgan fingerprint density at radius 1 is 1.08 bits per heavy atom. The first-order chi connectivity index (χ1) is 11.4. The molecule has 6 heteroatoms. The number of H-pyrrole nitrogens is 1. The van der Waals surface area contributed by atoms with E-state index >= 15 is 0 Å². The Morgan fingerprint density at radius 2 is 1.83 bits per heavy atom. The minimum atomic E-state index is -3.23. The van der Waals surface area contributed by atoms with E-state index in [1.54, 1.807) is 19.1 Å². The molecular formula is C18H19N3O2S. The maximum atomic E-state index is 11.8. The van der Waals surface area contributed by atoms with E-state index in [0.29, 0.717) is 11.4 Å². The van der Waals surface area contributed by atoms with Gasteiger partial charge < -0.3 is 5.32 Å². The van der Waals surface area contributed by atoms with Gasteiger partial charge in [0.05, 0.1) is 22.8 Å². The topological polar surface area (TPSA) is 74.8 Å². The monoisotopic (exact) mass is 341 g/mol. The number of sulfone groups is 1. The van der Waals surface area contributed by atoms with E-state index < -0.39 is 9.84 Å². The molecule has 0 saturated heterocycles. The molecule has 1 heterocycles. The number of rotatable bonds is 5. The van der Waals surface area contributed by atoms with Crippen molar-refractivity contribution >= 4 is 15.5 Å².